The van der Waals surface area contributed by atoms with Gasteiger partial charge >= 0.3 is 12.1 Å². The van der Waals surface area contributed by atoms with Gasteiger partial charge in [-0.3, -0.25) is 4.79 Å². The van der Waals surface area contributed by atoms with Gasteiger partial charge in [-0.1, -0.05) is 48.5 Å². The number of rotatable bonds is 4. The van der Waals surface area contributed by atoms with E-state index in [0.29, 0.717) is 5.69 Å². The molecule has 1 saturated heterocycles. The van der Waals surface area contributed by atoms with Gasteiger partial charge in [0.05, 0.1) is 17.9 Å². The van der Waals surface area contributed by atoms with Gasteiger partial charge in [0.15, 0.2) is 0 Å². The SMILES string of the molecule is Cn1cnc(C2CN(C(=O)OCC3c4ccccc4-c4ccccc43)CC2C(=O)O)c1. The molecule has 1 N–H and O–H groups in total. The van der Waals surface area contributed by atoms with E-state index < -0.39 is 18.0 Å². The van der Waals surface area contributed by atoms with Gasteiger partial charge in [-0.05, 0) is 22.3 Å². The topological polar surface area (TPSA) is 84.7 Å². The first-order chi connectivity index (χ1) is 15.0. The van der Waals surface area contributed by atoms with E-state index in [2.05, 4.69) is 29.2 Å². The lowest BCUT2D eigenvalue weighted by atomic mass is 9.94. The summed E-state index contributed by atoms with van der Waals surface area (Å²) >= 11 is 0. The van der Waals surface area contributed by atoms with Crippen LogP contribution >= 0.6 is 0 Å². The monoisotopic (exact) mass is 417 g/mol. The number of carbonyl (C=O) groups excluding carboxylic acids is 1. The molecule has 0 spiro atoms. The van der Waals surface area contributed by atoms with Crippen LogP contribution < -0.4 is 0 Å². The number of aliphatic carboxylic acids is 1. The van der Waals surface area contributed by atoms with Gasteiger partial charge in [-0.15, -0.1) is 0 Å². The zero-order valence-electron chi connectivity index (χ0n) is 17.1. The lowest BCUT2D eigenvalue weighted by molar-refractivity contribution is -0.141. The Balaban J connectivity index is 1.32. The fourth-order valence-electron chi connectivity index (χ4n) is 4.81. The van der Waals surface area contributed by atoms with Crippen molar-refractivity contribution in [2.75, 3.05) is 19.7 Å². The third kappa shape index (κ3) is 3.36. The number of carbonyl (C=O) groups is 2. The van der Waals surface area contributed by atoms with Crippen molar-refractivity contribution in [3.05, 3.63) is 77.9 Å². The molecule has 1 amide bonds. The number of ether oxygens (including phenoxy) is 1. The number of imidazole rings is 1. The number of benzene rings is 2. The maximum absolute atomic E-state index is 12.9. The fourth-order valence-corrected chi connectivity index (χ4v) is 4.81. The molecule has 2 heterocycles. The third-order valence-electron chi connectivity index (χ3n) is 6.34. The van der Waals surface area contributed by atoms with E-state index in [1.807, 2.05) is 37.5 Å². The summed E-state index contributed by atoms with van der Waals surface area (Å²) in [5.41, 5.74) is 5.31. The first kappa shape index (κ1) is 19.4. The van der Waals surface area contributed by atoms with Crippen LogP contribution in [0.3, 0.4) is 0 Å². The number of likely N-dealkylation sites (tertiary alicyclic amines) is 1. The molecule has 7 nitrogen and oxygen atoms in total. The molecule has 1 aromatic heterocycles. The molecule has 2 unspecified atom stereocenters. The molecule has 0 radical (unpaired) electrons. The van der Waals surface area contributed by atoms with E-state index >= 15 is 0 Å². The van der Waals surface area contributed by atoms with Crippen LogP contribution in [0.5, 0.6) is 0 Å². The molecule has 1 aliphatic heterocycles. The van der Waals surface area contributed by atoms with E-state index in [1.165, 1.54) is 16.0 Å². The highest BCUT2D eigenvalue weighted by molar-refractivity contribution is 5.79. The highest BCUT2D eigenvalue weighted by atomic mass is 16.6. The third-order valence-corrected chi connectivity index (χ3v) is 6.34. The number of hydrogen-bond donors (Lipinski definition) is 1. The standard InChI is InChI=1S/C24H23N3O4/c1-26-12-22(25-14-26)19-10-27(11-20(19)23(28)29)24(30)31-13-21-17-8-4-2-6-15(17)16-7-3-5-9-18(16)21/h2-9,12,14,19-21H,10-11,13H2,1H3,(H,28,29). The molecule has 3 aromatic rings. The van der Waals surface area contributed by atoms with Crippen LogP contribution in [-0.4, -0.2) is 51.3 Å². The molecule has 7 heteroatoms. The number of hydrogen-bond acceptors (Lipinski definition) is 4. The summed E-state index contributed by atoms with van der Waals surface area (Å²) in [6.07, 6.45) is 2.97. The molecule has 1 aliphatic carbocycles. The summed E-state index contributed by atoms with van der Waals surface area (Å²) in [5, 5.41) is 9.66. The van der Waals surface area contributed by atoms with Crippen molar-refractivity contribution in [2.24, 2.45) is 13.0 Å². The molecule has 1 fully saturated rings. The van der Waals surface area contributed by atoms with Crippen molar-refractivity contribution in [1.29, 1.82) is 0 Å². The summed E-state index contributed by atoms with van der Waals surface area (Å²) in [7, 11) is 1.84. The molecular weight excluding hydrogens is 394 g/mol. The second-order valence-electron chi connectivity index (χ2n) is 8.22. The fraction of sp³-hybridized carbons (Fsp3) is 0.292. The van der Waals surface area contributed by atoms with Crippen LogP contribution in [-0.2, 0) is 16.6 Å². The molecule has 31 heavy (non-hydrogen) atoms. The second kappa shape index (κ2) is 7.58. The second-order valence-corrected chi connectivity index (χ2v) is 8.22. The van der Waals surface area contributed by atoms with Crippen LogP contribution in [0.15, 0.2) is 61.1 Å². The van der Waals surface area contributed by atoms with E-state index in [1.54, 1.807) is 10.9 Å². The van der Waals surface area contributed by atoms with Crippen LogP contribution in [0.25, 0.3) is 11.1 Å². The molecule has 2 aromatic carbocycles. The van der Waals surface area contributed by atoms with Gasteiger partial charge in [0.1, 0.15) is 6.61 Å². The minimum absolute atomic E-state index is 0.0270. The Hall–Kier alpha value is -3.61. The van der Waals surface area contributed by atoms with Crippen LogP contribution in [0.4, 0.5) is 4.79 Å². The molecule has 5 rings (SSSR count). The van der Waals surface area contributed by atoms with Crippen molar-refractivity contribution in [3.8, 4) is 11.1 Å². The van der Waals surface area contributed by atoms with Crippen molar-refractivity contribution in [3.63, 3.8) is 0 Å². The maximum Gasteiger partial charge on any atom is 0.409 e. The highest BCUT2D eigenvalue weighted by Gasteiger charge is 2.42. The summed E-state index contributed by atoms with van der Waals surface area (Å²) in [4.78, 5) is 30.4. The van der Waals surface area contributed by atoms with Crippen molar-refractivity contribution >= 4 is 12.1 Å². The molecule has 158 valence electrons. The average molecular weight is 417 g/mol. The predicted octanol–water partition coefficient (Wildman–Crippen LogP) is 3.47. The zero-order valence-corrected chi connectivity index (χ0v) is 17.1. The number of carboxylic acid groups (broad SMARTS) is 1. The average Bonchev–Trinajstić information content (AvgIpc) is 3.47. The Morgan fingerprint density at radius 2 is 1.71 bits per heavy atom. The first-order valence-electron chi connectivity index (χ1n) is 10.3. The van der Waals surface area contributed by atoms with Gasteiger partial charge in [-0.2, -0.15) is 0 Å². The Bertz CT molecular complexity index is 1110. The van der Waals surface area contributed by atoms with E-state index in [9.17, 15) is 14.7 Å². The van der Waals surface area contributed by atoms with E-state index in [-0.39, 0.29) is 31.5 Å². The predicted molar refractivity (Wildman–Crippen MR) is 114 cm³/mol. The van der Waals surface area contributed by atoms with Crippen LogP contribution in [0, 0.1) is 5.92 Å². The van der Waals surface area contributed by atoms with Gasteiger partial charge in [0, 0.05) is 38.2 Å². The Morgan fingerprint density at radius 3 is 2.29 bits per heavy atom. The van der Waals surface area contributed by atoms with Crippen molar-refractivity contribution in [1.82, 2.24) is 14.5 Å². The highest BCUT2D eigenvalue weighted by Crippen LogP contribution is 2.44. The Kier molecular flexibility index (Phi) is 4.73. The lowest BCUT2D eigenvalue weighted by Crippen LogP contribution is -2.31. The van der Waals surface area contributed by atoms with Crippen molar-refractivity contribution in [2.45, 2.75) is 11.8 Å². The van der Waals surface area contributed by atoms with Gasteiger partial charge in [0.2, 0.25) is 0 Å². The number of amides is 1. The molecule has 2 atom stereocenters. The minimum Gasteiger partial charge on any atom is -0.481 e. The quantitative estimate of drug-likeness (QED) is 0.703. The molecule has 0 bridgehead atoms. The van der Waals surface area contributed by atoms with Crippen molar-refractivity contribution < 1.29 is 19.4 Å². The normalized spacial score (nSPS) is 19.8. The van der Waals surface area contributed by atoms with E-state index in [0.717, 1.165) is 11.1 Å². The lowest BCUT2D eigenvalue weighted by Gasteiger charge is -2.19. The zero-order chi connectivity index (χ0) is 21.5. The summed E-state index contributed by atoms with van der Waals surface area (Å²) in [6, 6.07) is 16.3. The smallest absolute Gasteiger partial charge is 0.409 e. The van der Waals surface area contributed by atoms with Crippen LogP contribution in [0.2, 0.25) is 0 Å². The van der Waals surface area contributed by atoms with Gasteiger partial charge in [-0.25, -0.2) is 9.78 Å². The van der Waals surface area contributed by atoms with Crippen LogP contribution in [0.1, 0.15) is 28.7 Å². The molecule has 0 saturated carbocycles. The Labute approximate surface area is 179 Å². The maximum atomic E-state index is 12.9. The summed E-state index contributed by atoms with van der Waals surface area (Å²) in [6.45, 7) is 0.618. The number of nitrogens with zero attached hydrogens (tertiary/aromatic N) is 3. The summed E-state index contributed by atoms with van der Waals surface area (Å²) in [5.74, 6) is -2.00. The number of aromatic nitrogens is 2. The molecule has 2 aliphatic rings. The number of fused-ring (bicyclic) bond motifs is 3. The van der Waals surface area contributed by atoms with Gasteiger partial charge in [0.25, 0.3) is 0 Å². The minimum atomic E-state index is -0.926. The largest absolute Gasteiger partial charge is 0.481 e. The molecular formula is C24H23N3O4. The number of aryl methyl sites for hydroxylation is 1. The first-order valence-corrected chi connectivity index (χ1v) is 10.3. The van der Waals surface area contributed by atoms with Gasteiger partial charge < -0.3 is 19.3 Å². The summed E-state index contributed by atoms with van der Waals surface area (Å²) < 4.78 is 7.49. The van der Waals surface area contributed by atoms with E-state index in [4.69, 9.17) is 4.74 Å². The Morgan fingerprint density at radius 1 is 1.06 bits per heavy atom. The number of carboxylic acids is 1.